The van der Waals surface area contributed by atoms with Gasteiger partial charge in [0.25, 0.3) is 0 Å². The summed E-state index contributed by atoms with van der Waals surface area (Å²) in [5.74, 6) is 1.69. The van der Waals surface area contributed by atoms with Crippen LogP contribution in [0.4, 0.5) is 4.39 Å². The maximum atomic E-state index is 13.4. The molecule has 0 radical (unpaired) electrons. The monoisotopic (exact) mass is 505 g/mol. The van der Waals surface area contributed by atoms with Gasteiger partial charge < -0.3 is 14.8 Å². The predicted octanol–water partition coefficient (Wildman–Crippen LogP) is 7.95. The summed E-state index contributed by atoms with van der Waals surface area (Å²) in [6.07, 6.45) is 7.90. The van der Waals surface area contributed by atoms with Crippen molar-refractivity contribution >= 4 is 23.2 Å². The number of halogens is 3. The van der Waals surface area contributed by atoms with Crippen LogP contribution in [0, 0.1) is 22.6 Å². The van der Waals surface area contributed by atoms with Gasteiger partial charge in [0.1, 0.15) is 12.4 Å². The lowest BCUT2D eigenvalue weighted by Gasteiger charge is -2.65. The molecule has 4 aliphatic carbocycles. The Morgan fingerprint density at radius 1 is 0.912 bits per heavy atom. The molecule has 4 aliphatic rings. The third-order valence-corrected chi connectivity index (χ3v) is 8.79. The molecule has 0 spiro atoms. The molecule has 4 bridgehead atoms. The van der Waals surface area contributed by atoms with Crippen molar-refractivity contribution in [2.45, 2.75) is 78.0 Å². The van der Waals surface area contributed by atoms with Gasteiger partial charge in [-0.3, -0.25) is 0 Å². The molecule has 34 heavy (non-hydrogen) atoms. The fourth-order valence-electron chi connectivity index (χ4n) is 7.82. The summed E-state index contributed by atoms with van der Waals surface area (Å²) in [6, 6.07) is 8.11. The largest absolute Gasteiger partial charge is 0.490 e. The zero-order valence-corrected chi connectivity index (χ0v) is 21.8. The van der Waals surface area contributed by atoms with Gasteiger partial charge in [-0.15, -0.1) is 0 Å². The first kappa shape index (κ1) is 24.2. The molecule has 0 aromatic heterocycles. The summed E-state index contributed by atoms with van der Waals surface area (Å²) in [6.45, 7) is 8.36. The lowest BCUT2D eigenvalue weighted by molar-refractivity contribution is -0.118. The Hall–Kier alpha value is -1.49. The molecule has 0 amide bonds. The van der Waals surface area contributed by atoms with Gasteiger partial charge in [-0.25, -0.2) is 4.39 Å². The number of ether oxygens (including phenoxy) is 2. The van der Waals surface area contributed by atoms with Crippen LogP contribution in [-0.2, 0) is 13.2 Å². The van der Waals surface area contributed by atoms with Crippen LogP contribution in [-0.4, -0.2) is 12.1 Å². The van der Waals surface area contributed by atoms with E-state index >= 15 is 0 Å². The van der Waals surface area contributed by atoms with Crippen molar-refractivity contribution in [3.8, 4) is 11.5 Å². The van der Waals surface area contributed by atoms with Crippen molar-refractivity contribution in [2.75, 3.05) is 6.61 Å². The number of rotatable bonds is 8. The summed E-state index contributed by atoms with van der Waals surface area (Å²) >= 11 is 12.9. The molecular formula is C28H34Cl2FNO2. The average Bonchev–Trinajstić information content (AvgIpc) is 2.71. The van der Waals surface area contributed by atoms with Crippen LogP contribution in [0.2, 0.25) is 10.0 Å². The second-order valence-corrected chi connectivity index (χ2v) is 12.4. The van der Waals surface area contributed by atoms with Crippen LogP contribution in [0.3, 0.4) is 0 Å². The van der Waals surface area contributed by atoms with Crippen molar-refractivity contribution < 1.29 is 13.9 Å². The number of hydrogen-bond donors (Lipinski definition) is 1. The Morgan fingerprint density at radius 3 is 2.24 bits per heavy atom. The van der Waals surface area contributed by atoms with Crippen molar-refractivity contribution in [2.24, 2.45) is 16.7 Å². The first-order chi connectivity index (χ1) is 16.1. The molecule has 184 valence electrons. The van der Waals surface area contributed by atoms with Gasteiger partial charge in [0.2, 0.25) is 0 Å². The van der Waals surface area contributed by atoms with E-state index in [0.29, 0.717) is 51.1 Å². The Balaban J connectivity index is 1.32. The zero-order chi connectivity index (χ0) is 24.1. The van der Waals surface area contributed by atoms with Crippen LogP contribution in [0.5, 0.6) is 11.5 Å². The molecule has 0 saturated heterocycles. The van der Waals surface area contributed by atoms with Crippen LogP contribution in [0.1, 0.15) is 70.4 Å². The average molecular weight is 506 g/mol. The standard InChI is InChI=1S/C28H34Cl2FNO2/c1-4-33-24-7-20(23(30)9-25(24)34-14-19-5-6-21(31)8-22(19)29)13-32-28-12-18-10-26(2,16-28)15-27(3,11-18)17-28/h5-9,18,32H,4,10-17H2,1-3H3. The summed E-state index contributed by atoms with van der Waals surface area (Å²) in [5.41, 5.74) is 2.84. The van der Waals surface area contributed by atoms with E-state index in [-0.39, 0.29) is 18.0 Å². The highest BCUT2D eigenvalue weighted by molar-refractivity contribution is 6.31. The third-order valence-electron chi connectivity index (χ3n) is 8.09. The molecule has 0 heterocycles. The van der Waals surface area contributed by atoms with Crippen molar-refractivity contribution in [1.82, 2.24) is 5.32 Å². The van der Waals surface area contributed by atoms with E-state index in [1.54, 1.807) is 6.07 Å². The molecule has 6 rings (SSSR count). The van der Waals surface area contributed by atoms with Crippen molar-refractivity contribution in [1.29, 1.82) is 0 Å². The fourth-order valence-corrected chi connectivity index (χ4v) is 8.26. The van der Waals surface area contributed by atoms with Crippen molar-refractivity contribution in [3.63, 3.8) is 0 Å². The maximum Gasteiger partial charge on any atom is 0.163 e. The molecule has 2 aromatic rings. The summed E-state index contributed by atoms with van der Waals surface area (Å²) in [7, 11) is 0. The lowest BCUT2D eigenvalue weighted by Crippen LogP contribution is -2.63. The Labute approximate surface area is 212 Å². The number of nitrogens with one attached hydrogen (secondary N) is 1. The molecule has 2 unspecified atom stereocenters. The molecule has 4 fully saturated rings. The highest BCUT2D eigenvalue weighted by Gasteiger charge is 2.59. The normalized spacial score (nSPS) is 31.6. The first-order valence-electron chi connectivity index (χ1n) is 12.4. The van der Waals surface area contributed by atoms with Gasteiger partial charge in [-0.1, -0.05) is 43.1 Å². The molecule has 4 saturated carbocycles. The molecule has 1 N–H and O–H groups in total. The molecule has 2 atom stereocenters. The highest BCUT2D eigenvalue weighted by Crippen LogP contribution is 2.66. The SMILES string of the molecule is CCOc1cc(CNC23CC4CC(C)(CC(C)(C4)C2)C3)c(Cl)cc1OCc1ccc(F)cc1Cl. The van der Waals surface area contributed by atoms with Crippen LogP contribution < -0.4 is 14.8 Å². The van der Waals surface area contributed by atoms with E-state index < -0.39 is 0 Å². The van der Waals surface area contributed by atoms with Crippen LogP contribution in [0.15, 0.2) is 30.3 Å². The molecule has 3 nitrogen and oxygen atoms in total. The van der Waals surface area contributed by atoms with E-state index in [2.05, 4.69) is 19.2 Å². The number of hydrogen-bond acceptors (Lipinski definition) is 3. The molecule has 6 heteroatoms. The highest BCUT2D eigenvalue weighted by atomic mass is 35.5. The minimum absolute atomic E-state index is 0.201. The van der Waals surface area contributed by atoms with Gasteiger partial charge in [0.15, 0.2) is 11.5 Å². The second kappa shape index (κ2) is 8.87. The van der Waals surface area contributed by atoms with Gasteiger partial charge in [-0.2, -0.15) is 0 Å². The zero-order valence-electron chi connectivity index (χ0n) is 20.3. The predicted molar refractivity (Wildman–Crippen MR) is 135 cm³/mol. The van der Waals surface area contributed by atoms with E-state index in [1.807, 2.05) is 19.1 Å². The van der Waals surface area contributed by atoms with Crippen LogP contribution in [0.25, 0.3) is 0 Å². The Morgan fingerprint density at radius 2 is 1.59 bits per heavy atom. The summed E-state index contributed by atoms with van der Waals surface area (Å²) < 4.78 is 25.2. The van der Waals surface area contributed by atoms with E-state index in [9.17, 15) is 4.39 Å². The Bertz CT molecular complexity index is 1070. The fraction of sp³-hybridized carbons (Fsp3) is 0.571. The molecule has 2 aromatic carbocycles. The van der Waals surface area contributed by atoms with Gasteiger partial charge in [-0.05, 0) is 86.0 Å². The smallest absolute Gasteiger partial charge is 0.163 e. The second-order valence-electron chi connectivity index (χ2n) is 11.6. The van der Waals surface area contributed by atoms with Crippen LogP contribution >= 0.6 is 23.2 Å². The molecular weight excluding hydrogens is 472 g/mol. The van der Waals surface area contributed by atoms with Crippen molar-refractivity contribution in [3.05, 3.63) is 57.3 Å². The lowest BCUT2D eigenvalue weighted by atomic mass is 9.43. The van der Waals surface area contributed by atoms with Gasteiger partial charge >= 0.3 is 0 Å². The van der Waals surface area contributed by atoms with E-state index in [1.165, 1.54) is 50.7 Å². The van der Waals surface area contributed by atoms with Gasteiger partial charge in [0.05, 0.1) is 11.6 Å². The summed E-state index contributed by atoms with van der Waals surface area (Å²) in [4.78, 5) is 0. The van der Waals surface area contributed by atoms with E-state index in [4.69, 9.17) is 32.7 Å². The number of benzene rings is 2. The summed E-state index contributed by atoms with van der Waals surface area (Å²) in [5, 5.41) is 4.95. The quantitative estimate of drug-likeness (QED) is 0.394. The third kappa shape index (κ3) is 4.79. The van der Waals surface area contributed by atoms with E-state index in [0.717, 1.165) is 11.5 Å². The maximum absolute atomic E-state index is 13.4. The van der Waals surface area contributed by atoms with Gasteiger partial charge in [0, 0.05) is 28.7 Å². The Kier molecular flexibility index (Phi) is 6.32. The first-order valence-corrected chi connectivity index (χ1v) is 13.1. The minimum atomic E-state index is -0.370. The minimum Gasteiger partial charge on any atom is -0.490 e. The molecule has 0 aliphatic heterocycles. The topological polar surface area (TPSA) is 30.5 Å².